The zero-order chi connectivity index (χ0) is 18.5. The molecule has 0 radical (unpaired) electrons. The quantitative estimate of drug-likeness (QED) is 0.755. The summed E-state index contributed by atoms with van der Waals surface area (Å²) in [7, 11) is 0. The van der Waals surface area contributed by atoms with Crippen molar-refractivity contribution in [3.8, 4) is 5.69 Å². The van der Waals surface area contributed by atoms with E-state index in [0.717, 1.165) is 43.9 Å². The van der Waals surface area contributed by atoms with Gasteiger partial charge in [-0.15, -0.1) is 5.10 Å². The molecule has 1 unspecified atom stereocenters. The van der Waals surface area contributed by atoms with Gasteiger partial charge >= 0.3 is 0 Å². The maximum absolute atomic E-state index is 12.8. The largest absolute Gasteiger partial charge is 0.326 e. The molecular weight excluding hydrogens is 340 g/mol. The number of nitrogens with one attached hydrogen (secondary N) is 1. The zero-order valence-corrected chi connectivity index (χ0v) is 15.0. The Bertz CT molecular complexity index is 881. The lowest BCUT2D eigenvalue weighted by atomic mass is 9.96. The average Bonchev–Trinajstić information content (AvgIpc) is 3.24. The van der Waals surface area contributed by atoms with Crippen molar-refractivity contribution in [1.82, 2.24) is 25.1 Å². The van der Waals surface area contributed by atoms with Gasteiger partial charge in [0.05, 0.1) is 11.6 Å². The molecule has 3 aromatic rings. The molecule has 0 saturated carbocycles. The van der Waals surface area contributed by atoms with E-state index < -0.39 is 0 Å². The lowest BCUT2D eigenvalue weighted by molar-refractivity contribution is -0.121. The Hall–Kier alpha value is -3.06. The van der Waals surface area contributed by atoms with Crippen LogP contribution in [0.1, 0.15) is 18.4 Å². The monoisotopic (exact) mass is 362 g/mol. The number of nitrogens with zero attached hydrogens (tertiary/aromatic N) is 5. The van der Waals surface area contributed by atoms with Crippen LogP contribution in [0, 0.1) is 5.92 Å². The topological polar surface area (TPSA) is 75.9 Å². The summed E-state index contributed by atoms with van der Waals surface area (Å²) >= 11 is 0. The van der Waals surface area contributed by atoms with Gasteiger partial charge in [0, 0.05) is 18.8 Å². The number of carbonyl (C=O) groups excluding carboxylic acids is 1. The first-order valence-corrected chi connectivity index (χ1v) is 9.18. The number of piperidine rings is 1. The van der Waals surface area contributed by atoms with Crippen molar-refractivity contribution in [3.05, 3.63) is 66.5 Å². The first-order chi connectivity index (χ1) is 13.3. The minimum Gasteiger partial charge on any atom is -0.326 e. The highest BCUT2D eigenvalue weighted by atomic mass is 16.1. The molecule has 1 aromatic heterocycles. The number of hydrogen-bond acceptors (Lipinski definition) is 5. The summed E-state index contributed by atoms with van der Waals surface area (Å²) in [4.78, 5) is 15.1. The molecule has 2 aromatic carbocycles. The summed E-state index contributed by atoms with van der Waals surface area (Å²) in [6.45, 7) is 2.71. The third kappa shape index (κ3) is 4.38. The Morgan fingerprint density at radius 1 is 1.15 bits per heavy atom. The third-order valence-electron chi connectivity index (χ3n) is 4.85. The van der Waals surface area contributed by atoms with E-state index in [1.165, 1.54) is 11.9 Å². The fourth-order valence-corrected chi connectivity index (χ4v) is 3.50. The fraction of sp³-hybridized carbons (Fsp3) is 0.300. The summed E-state index contributed by atoms with van der Waals surface area (Å²) in [5, 5.41) is 14.2. The molecule has 7 heteroatoms. The Labute approximate surface area is 158 Å². The minimum atomic E-state index is -0.000782. The van der Waals surface area contributed by atoms with Gasteiger partial charge in [0.1, 0.15) is 6.33 Å². The van der Waals surface area contributed by atoms with E-state index in [4.69, 9.17) is 0 Å². The van der Waals surface area contributed by atoms with E-state index in [0.29, 0.717) is 0 Å². The van der Waals surface area contributed by atoms with Gasteiger partial charge in [0.2, 0.25) is 5.91 Å². The molecule has 1 atom stereocenters. The molecule has 7 nitrogen and oxygen atoms in total. The standard InChI is InChI=1S/C20H22N6O/c27-20(22-18-9-4-10-19(12-18)26-15-21-23-24-26)17-8-5-11-25(14-17)13-16-6-2-1-3-7-16/h1-4,6-7,9-10,12,15,17H,5,8,11,13-14H2,(H,22,27). The number of likely N-dealkylation sites (tertiary alicyclic amines) is 1. The van der Waals surface area contributed by atoms with E-state index in [9.17, 15) is 4.79 Å². The molecule has 1 amide bonds. The third-order valence-corrected chi connectivity index (χ3v) is 4.85. The molecule has 27 heavy (non-hydrogen) atoms. The van der Waals surface area contributed by atoms with Crippen LogP contribution in [0.2, 0.25) is 0 Å². The number of hydrogen-bond donors (Lipinski definition) is 1. The number of anilines is 1. The summed E-state index contributed by atoms with van der Waals surface area (Å²) in [5.74, 6) is 0.0702. The van der Waals surface area contributed by atoms with Crippen LogP contribution in [0.5, 0.6) is 0 Å². The van der Waals surface area contributed by atoms with E-state index in [1.807, 2.05) is 30.3 Å². The highest BCUT2D eigenvalue weighted by molar-refractivity contribution is 5.93. The van der Waals surface area contributed by atoms with Crippen LogP contribution in [0.4, 0.5) is 5.69 Å². The molecule has 1 N–H and O–H groups in total. The average molecular weight is 362 g/mol. The highest BCUT2D eigenvalue weighted by Crippen LogP contribution is 2.21. The Kier molecular flexibility index (Phi) is 5.20. The number of carbonyl (C=O) groups is 1. The highest BCUT2D eigenvalue weighted by Gasteiger charge is 2.25. The number of tetrazole rings is 1. The van der Waals surface area contributed by atoms with Gasteiger partial charge in [-0.25, -0.2) is 4.68 Å². The van der Waals surface area contributed by atoms with Crippen LogP contribution in [0.3, 0.4) is 0 Å². The second kappa shape index (κ2) is 8.09. The predicted octanol–water partition coefficient (Wildman–Crippen LogP) is 2.51. The Balaban J connectivity index is 1.38. The minimum absolute atomic E-state index is 0.000782. The van der Waals surface area contributed by atoms with Crippen molar-refractivity contribution in [2.24, 2.45) is 5.92 Å². The first kappa shape index (κ1) is 17.4. The normalized spacial score (nSPS) is 17.6. The summed E-state index contributed by atoms with van der Waals surface area (Å²) in [6.07, 6.45) is 3.49. The van der Waals surface area contributed by atoms with Crippen molar-refractivity contribution in [3.63, 3.8) is 0 Å². The van der Waals surface area contributed by atoms with Crippen LogP contribution in [-0.4, -0.2) is 44.1 Å². The molecule has 1 fully saturated rings. The van der Waals surface area contributed by atoms with Gasteiger partial charge in [-0.3, -0.25) is 9.69 Å². The number of amides is 1. The summed E-state index contributed by atoms with van der Waals surface area (Å²) < 4.78 is 1.57. The molecule has 4 rings (SSSR count). The van der Waals surface area contributed by atoms with Crippen LogP contribution < -0.4 is 5.32 Å². The van der Waals surface area contributed by atoms with Crippen LogP contribution in [-0.2, 0) is 11.3 Å². The molecule has 0 spiro atoms. The number of aromatic nitrogens is 4. The van der Waals surface area contributed by atoms with Crippen molar-refractivity contribution >= 4 is 11.6 Å². The maximum atomic E-state index is 12.8. The molecule has 0 bridgehead atoms. The zero-order valence-electron chi connectivity index (χ0n) is 15.0. The molecule has 1 aliphatic rings. The Morgan fingerprint density at radius 2 is 2.04 bits per heavy atom. The SMILES string of the molecule is O=C(Nc1cccc(-n2cnnn2)c1)C1CCCN(Cc2ccccc2)C1. The van der Waals surface area contributed by atoms with Gasteiger partial charge in [0.15, 0.2) is 0 Å². The van der Waals surface area contributed by atoms with Gasteiger partial charge in [-0.1, -0.05) is 36.4 Å². The number of benzene rings is 2. The molecule has 2 heterocycles. The summed E-state index contributed by atoms with van der Waals surface area (Å²) in [5.41, 5.74) is 2.85. The first-order valence-electron chi connectivity index (χ1n) is 9.18. The van der Waals surface area contributed by atoms with Gasteiger partial charge in [0.25, 0.3) is 0 Å². The van der Waals surface area contributed by atoms with Crippen LogP contribution >= 0.6 is 0 Å². The van der Waals surface area contributed by atoms with Crippen molar-refractivity contribution in [2.45, 2.75) is 19.4 Å². The lowest BCUT2D eigenvalue weighted by Gasteiger charge is -2.32. The van der Waals surface area contributed by atoms with Gasteiger partial charge in [-0.2, -0.15) is 0 Å². The van der Waals surface area contributed by atoms with E-state index in [1.54, 1.807) is 4.68 Å². The second-order valence-electron chi connectivity index (χ2n) is 6.85. The number of rotatable bonds is 5. The molecule has 138 valence electrons. The maximum Gasteiger partial charge on any atom is 0.228 e. The fourth-order valence-electron chi connectivity index (χ4n) is 3.50. The smallest absolute Gasteiger partial charge is 0.228 e. The van der Waals surface area contributed by atoms with Crippen LogP contribution in [0.25, 0.3) is 5.69 Å². The van der Waals surface area contributed by atoms with E-state index in [2.05, 4.69) is 50.0 Å². The molecule has 0 aliphatic carbocycles. The Morgan fingerprint density at radius 3 is 2.85 bits per heavy atom. The molecule has 1 aliphatic heterocycles. The van der Waals surface area contributed by atoms with Crippen molar-refractivity contribution < 1.29 is 4.79 Å². The summed E-state index contributed by atoms with van der Waals surface area (Å²) in [6, 6.07) is 17.9. The van der Waals surface area contributed by atoms with E-state index in [-0.39, 0.29) is 11.8 Å². The van der Waals surface area contributed by atoms with Gasteiger partial charge in [-0.05, 0) is 53.6 Å². The second-order valence-corrected chi connectivity index (χ2v) is 6.85. The van der Waals surface area contributed by atoms with E-state index >= 15 is 0 Å². The molecular formula is C20H22N6O. The predicted molar refractivity (Wildman–Crippen MR) is 102 cm³/mol. The van der Waals surface area contributed by atoms with Crippen molar-refractivity contribution in [1.29, 1.82) is 0 Å². The van der Waals surface area contributed by atoms with Crippen LogP contribution in [0.15, 0.2) is 60.9 Å². The van der Waals surface area contributed by atoms with Crippen molar-refractivity contribution in [2.75, 3.05) is 18.4 Å². The lowest BCUT2D eigenvalue weighted by Crippen LogP contribution is -2.40. The van der Waals surface area contributed by atoms with Gasteiger partial charge < -0.3 is 5.32 Å². The molecule has 1 saturated heterocycles.